The van der Waals surface area contributed by atoms with E-state index in [-0.39, 0.29) is 12.5 Å². The molecule has 0 aliphatic carbocycles. The summed E-state index contributed by atoms with van der Waals surface area (Å²) in [6, 6.07) is 23.2. The molecule has 0 aliphatic heterocycles. The van der Waals surface area contributed by atoms with Gasteiger partial charge in [-0.25, -0.2) is 5.43 Å². The van der Waals surface area contributed by atoms with Crippen molar-refractivity contribution < 1.29 is 19.0 Å². The third-order valence-corrected chi connectivity index (χ3v) is 5.26. The van der Waals surface area contributed by atoms with E-state index in [0.717, 1.165) is 17.5 Å². The minimum Gasteiger partial charge on any atom is -0.493 e. The third-order valence-electron chi connectivity index (χ3n) is 5.26. The molecule has 0 aromatic heterocycles. The van der Waals surface area contributed by atoms with Crippen molar-refractivity contribution in [2.24, 2.45) is 5.10 Å². The standard InChI is InChI=1S/C27H30N2O4/c1-4-20(2)23-11-13-24(14-12-23)32-19-27(30)29-28-17-22-10-15-25(26(16-22)31-3)33-18-21-8-6-5-7-9-21/h5-17,20H,4,18-19H2,1-3H3,(H,29,30)/b28-17-/t20-/m0/s1. The number of carbonyl (C=O) groups is 1. The Hall–Kier alpha value is -3.80. The maximum Gasteiger partial charge on any atom is 0.277 e. The second-order valence-corrected chi connectivity index (χ2v) is 7.64. The van der Waals surface area contributed by atoms with E-state index < -0.39 is 0 Å². The summed E-state index contributed by atoms with van der Waals surface area (Å²) in [7, 11) is 1.58. The smallest absolute Gasteiger partial charge is 0.277 e. The first-order valence-corrected chi connectivity index (χ1v) is 11.0. The Bertz CT molecular complexity index is 1050. The predicted octanol–water partition coefficient (Wildman–Crippen LogP) is 5.32. The van der Waals surface area contributed by atoms with Crippen molar-refractivity contribution in [3.8, 4) is 17.2 Å². The van der Waals surface area contributed by atoms with Gasteiger partial charge in [-0.3, -0.25) is 4.79 Å². The van der Waals surface area contributed by atoms with Crippen molar-refractivity contribution in [3.63, 3.8) is 0 Å². The van der Waals surface area contributed by atoms with E-state index in [1.165, 1.54) is 5.56 Å². The topological polar surface area (TPSA) is 69.2 Å². The number of amides is 1. The highest BCUT2D eigenvalue weighted by atomic mass is 16.5. The number of benzene rings is 3. The number of rotatable bonds is 11. The molecule has 0 aliphatic rings. The van der Waals surface area contributed by atoms with Crippen molar-refractivity contribution >= 4 is 12.1 Å². The molecular weight excluding hydrogens is 416 g/mol. The molecule has 0 heterocycles. The van der Waals surface area contributed by atoms with Gasteiger partial charge < -0.3 is 14.2 Å². The molecule has 3 rings (SSSR count). The van der Waals surface area contributed by atoms with Gasteiger partial charge in [-0.15, -0.1) is 0 Å². The Balaban J connectivity index is 1.48. The quantitative estimate of drug-likeness (QED) is 0.320. The summed E-state index contributed by atoms with van der Waals surface area (Å²) in [6.45, 7) is 4.67. The van der Waals surface area contributed by atoms with Crippen LogP contribution in [0.2, 0.25) is 0 Å². The molecule has 0 radical (unpaired) electrons. The third kappa shape index (κ3) is 7.38. The summed E-state index contributed by atoms with van der Waals surface area (Å²) in [5.41, 5.74) is 5.56. The first-order valence-electron chi connectivity index (χ1n) is 11.0. The summed E-state index contributed by atoms with van der Waals surface area (Å²) in [4.78, 5) is 12.0. The molecule has 1 N–H and O–H groups in total. The van der Waals surface area contributed by atoms with Crippen LogP contribution in [0.5, 0.6) is 17.2 Å². The number of hydrogen-bond donors (Lipinski definition) is 1. The van der Waals surface area contributed by atoms with Crippen molar-refractivity contribution in [2.45, 2.75) is 32.8 Å². The maximum atomic E-state index is 12.0. The molecule has 1 amide bonds. The van der Waals surface area contributed by atoms with Gasteiger partial charge in [0.15, 0.2) is 18.1 Å². The molecule has 0 saturated heterocycles. The minimum atomic E-state index is -0.341. The fourth-order valence-electron chi connectivity index (χ4n) is 3.11. The first kappa shape index (κ1) is 23.9. The largest absolute Gasteiger partial charge is 0.493 e. The number of nitrogens with zero attached hydrogens (tertiary/aromatic N) is 1. The number of hydrazone groups is 1. The van der Waals surface area contributed by atoms with Crippen LogP contribution in [0, 0.1) is 0 Å². The highest BCUT2D eigenvalue weighted by molar-refractivity contribution is 5.83. The molecule has 0 fully saturated rings. The highest BCUT2D eigenvalue weighted by Gasteiger charge is 2.07. The molecule has 6 nitrogen and oxygen atoms in total. The number of carbonyl (C=O) groups excluding carboxylic acids is 1. The first-order chi connectivity index (χ1) is 16.1. The number of ether oxygens (including phenoxy) is 3. The predicted molar refractivity (Wildman–Crippen MR) is 130 cm³/mol. The van der Waals surface area contributed by atoms with Crippen LogP contribution >= 0.6 is 0 Å². The van der Waals surface area contributed by atoms with Crippen LogP contribution in [-0.2, 0) is 11.4 Å². The molecule has 3 aromatic rings. The molecule has 0 spiro atoms. The van der Waals surface area contributed by atoms with E-state index >= 15 is 0 Å². The van der Waals surface area contributed by atoms with Crippen molar-refractivity contribution in [1.82, 2.24) is 5.43 Å². The SMILES string of the molecule is CC[C@H](C)c1ccc(OCC(=O)N/N=C\c2ccc(OCc3ccccc3)c(OC)c2)cc1. The van der Waals surface area contributed by atoms with Crippen LogP contribution in [0.4, 0.5) is 0 Å². The van der Waals surface area contributed by atoms with Gasteiger partial charge >= 0.3 is 0 Å². The van der Waals surface area contributed by atoms with Gasteiger partial charge in [-0.1, -0.05) is 56.3 Å². The Morgan fingerprint density at radius 3 is 2.45 bits per heavy atom. The lowest BCUT2D eigenvalue weighted by Gasteiger charge is -2.11. The normalized spacial score (nSPS) is 11.7. The zero-order valence-corrected chi connectivity index (χ0v) is 19.3. The van der Waals surface area contributed by atoms with Gasteiger partial charge in [0, 0.05) is 0 Å². The summed E-state index contributed by atoms with van der Waals surface area (Å²) < 4.78 is 16.8. The van der Waals surface area contributed by atoms with Crippen molar-refractivity contribution in [2.75, 3.05) is 13.7 Å². The Morgan fingerprint density at radius 1 is 1.00 bits per heavy atom. The van der Waals surface area contributed by atoms with E-state index in [9.17, 15) is 4.79 Å². The highest BCUT2D eigenvalue weighted by Crippen LogP contribution is 2.28. The van der Waals surface area contributed by atoms with E-state index in [4.69, 9.17) is 14.2 Å². The molecule has 6 heteroatoms. The summed E-state index contributed by atoms with van der Waals surface area (Å²) in [5, 5.41) is 4.00. The average Bonchev–Trinajstić information content (AvgIpc) is 2.87. The average molecular weight is 447 g/mol. The molecule has 0 saturated carbocycles. The zero-order chi connectivity index (χ0) is 23.5. The molecule has 0 bridgehead atoms. The van der Waals surface area contributed by atoms with Crippen LogP contribution in [0.15, 0.2) is 77.9 Å². The summed E-state index contributed by atoms with van der Waals surface area (Å²) in [5.74, 6) is 2.03. The van der Waals surface area contributed by atoms with E-state index in [2.05, 4.69) is 24.4 Å². The number of methoxy groups -OCH3 is 1. The lowest BCUT2D eigenvalue weighted by Crippen LogP contribution is -2.24. The zero-order valence-electron chi connectivity index (χ0n) is 19.3. The summed E-state index contributed by atoms with van der Waals surface area (Å²) >= 11 is 0. The van der Waals surface area contributed by atoms with Crippen LogP contribution < -0.4 is 19.6 Å². The van der Waals surface area contributed by atoms with Gasteiger partial charge in [0.05, 0.1) is 13.3 Å². The van der Waals surface area contributed by atoms with Crippen LogP contribution in [0.25, 0.3) is 0 Å². The minimum absolute atomic E-state index is 0.115. The van der Waals surface area contributed by atoms with E-state index in [1.807, 2.05) is 66.7 Å². The molecule has 0 unspecified atom stereocenters. The Morgan fingerprint density at radius 2 is 1.76 bits per heavy atom. The monoisotopic (exact) mass is 446 g/mol. The summed E-state index contributed by atoms with van der Waals surface area (Å²) in [6.07, 6.45) is 2.62. The molecular formula is C27H30N2O4. The molecule has 33 heavy (non-hydrogen) atoms. The van der Waals surface area contributed by atoms with Gasteiger partial charge in [-0.05, 0) is 59.4 Å². The van der Waals surface area contributed by atoms with Gasteiger partial charge in [0.1, 0.15) is 12.4 Å². The molecule has 3 aromatic carbocycles. The van der Waals surface area contributed by atoms with E-state index in [1.54, 1.807) is 19.4 Å². The van der Waals surface area contributed by atoms with Crippen LogP contribution in [-0.4, -0.2) is 25.8 Å². The second kappa shape index (κ2) is 12.3. The maximum absolute atomic E-state index is 12.0. The fourth-order valence-corrected chi connectivity index (χ4v) is 3.11. The van der Waals surface area contributed by atoms with Crippen molar-refractivity contribution in [1.29, 1.82) is 0 Å². The fraction of sp³-hybridized carbons (Fsp3) is 0.259. The molecule has 1 atom stereocenters. The Labute approximate surface area is 195 Å². The number of hydrogen-bond acceptors (Lipinski definition) is 5. The number of nitrogens with one attached hydrogen (secondary N) is 1. The van der Waals surface area contributed by atoms with Gasteiger partial charge in [0.2, 0.25) is 0 Å². The second-order valence-electron chi connectivity index (χ2n) is 7.64. The Kier molecular flexibility index (Phi) is 8.88. The van der Waals surface area contributed by atoms with Crippen LogP contribution in [0.3, 0.4) is 0 Å². The van der Waals surface area contributed by atoms with E-state index in [0.29, 0.717) is 29.8 Å². The lowest BCUT2D eigenvalue weighted by molar-refractivity contribution is -0.123. The van der Waals surface area contributed by atoms with Crippen molar-refractivity contribution in [3.05, 3.63) is 89.5 Å². The lowest BCUT2D eigenvalue weighted by atomic mass is 9.99. The molecule has 172 valence electrons. The van der Waals surface area contributed by atoms with Crippen LogP contribution in [0.1, 0.15) is 42.9 Å². The van der Waals surface area contributed by atoms with Gasteiger partial charge in [-0.2, -0.15) is 5.10 Å². The van der Waals surface area contributed by atoms with Gasteiger partial charge in [0.25, 0.3) is 5.91 Å².